The van der Waals surface area contributed by atoms with E-state index in [1.807, 2.05) is 19.1 Å². The molecular weight excluding hydrogens is 288 g/mol. The zero-order chi connectivity index (χ0) is 16.0. The van der Waals surface area contributed by atoms with E-state index in [9.17, 15) is 15.0 Å². The lowest BCUT2D eigenvalue weighted by Crippen LogP contribution is -1.89. The summed E-state index contributed by atoms with van der Waals surface area (Å²) < 4.78 is 0. The average molecular weight is 309 g/mol. The summed E-state index contributed by atoms with van der Waals surface area (Å²) >= 11 is 5.98. The quantitative estimate of drug-likeness (QED) is 0.463. The second-order valence-corrected chi connectivity index (χ2v) is 5.59. The van der Waals surface area contributed by atoms with Crippen molar-refractivity contribution >= 4 is 17.9 Å². The number of halogens is 1. The van der Waals surface area contributed by atoms with Crippen molar-refractivity contribution in [3.8, 4) is 11.5 Å². The molecule has 1 rings (SSSR count). The number of phenolic OH excluding ortho intramolecular Hbond substituents is 2. The van der Waals surface area contributed by atoms with Crippen LogP contribution in [0.4, 0.5) is 0 Å². The maximum absolute atomic E-state index is 10.5. The lowest BCUT2D eigenvalue weighted by molar-refractivity contribution is -0.104. The highest BCUT2D eigenvalue weighted by atomic mass is 35.5. The van der Waals surface area contributed by atoms with Crippen molar-refractivity contribution < 1.29 is 15.0 Å². The van der Waals surface area contributed by atoms with Gasteiger partial charge in [-0.25, -0.2) is 0 Å². The Balaban J connectivity index is 2.76. The first-order valence-electron chi connectivity index (χ1n) is 6.84. The Hall–Kier alpha value is -1.74. The molecule has 0 aliphatic heterocycles. The van der Waals surface area contributed by atoms with Crippen LogP contribution in [0.2, 0.25) is 5.02 Å². The number of hydrogen-bond donors (Lipinski definition) is 2. The summed E-state index contributed by atoms with van der Waals surface area (Å²) in [6, 6.07) is 1.55. The maximum Gasteiger partial charge on any atom is 0.145 e. The van der Waals surface area contributed by atoms with E-state index in [1.54, 1.807) is 19.9 Å². The van der Waals surface area contributed by atoms with Gasteiger partial charge in [0.1, 0.15) is 17.8 Å². The third-order valence-corrected chi connectivity index (χ3v) is 3.83. The normalized spacial score (nSPS) is 12.6. The Morgan fingerprint density at radius 3 is 2.57 bits per heavy atom. The SMILES string of the molecule is C/C(C=O)=C\CC/C(C)=C/Cc1c(O)cc(C)c(Cl)c1O. The van der Waals surface area contributed by atoms with E-state index in [0.717, 1.165) is 30.3 Å². The topological polar surface area (TPSA) is 57.5 Å². The van der Waals surface area contributed by atoms with E-state index < -0.39 is 0 Å². The summed E-state index contributed by atoms with van der Waals surface area (Å²) in [5, 5.41) is 20.2. The number of carbonyl (C=O) groups is 1. The number of hydrogen-bond acceptors (Lipinski definition) is 3. The van der Waals surface area contributed by atoms with E-state index in [4.69, 9.17) is 11.6 Å². The van der Waals surface area contributed by atoms with Crippen LogP contribution in [0, 0.1) is 6.92 Å². The van der Waals surface area contributed by atoms with Gasteiger partial charge < -0.3 is 10.2 Å². The first kappa shape index (κ1) is 17.3. The van der Waals surface area contributed by atoms with Crippen LogP contribution in [0.1, 0.15) is 37.8 Å². The zero-order valence-electron chi connectivity index (χ0n) is 12.6. The molecule has 21 heavy (non-hydrogen) atoms. The average Bonchev–Trinajstić information content (AvgIpc) is 2.44. The number of benzene rings is 1. The second kappa shape index (κ2) is 7.89. The van der Waals surface area contributed by atoms with Gasteiger partial charge >= 0.3 is 0 Å². The van der Waals surface area contributed by atoms with Crippen LogP contribution in [0.3, 0.4) is 0 Å². The molecule has 0 atom stereocenters. The zero-order valence-corrected chi connectivity index (χ0v) is 13.4. The van der Waals surface area contributed by atoms with Gasteiger partial charge in [0.05, 0.1) is 5.02 Å². The molecule has 0 saturated heterocycles. The minimum Gasteiger partial charge on any atom is -0.508 e. The highest BCUT2D eigenvalue weighted by molar-refractivity contribution is 6.33. The van der Waals surface area contributed by atoms with Gasteiger partial charge in [-0.05, 0) is 57.2 Å². The predicted molar refractivity (Wildman–Crippen MR) is 86.0 cm³/mol. The van der Waals surface area contributed by atoms with Crippen molar-refractivity contribution in [2.75, 3.05) is 0 Å². The lowest BCUT2D eigenvalue weighted by Gasteiger charge is -2.10. The van der Waals surface area contributed by atoms with Gasteiger partial charge in [0.2, 0.25) is 0 Å². The Bertz CT molecular complexity index is 586. The molecule has 4 heteroatoms. The number of carbonyl (C=O) groups excluding carboxylic acids is 1. The first-order chi connectivity index (χ1) is 9.86. The minimum atomic E-state index is -0.0603. The van der Waals surface area contributed by atoms with Crippen molar-refractivity contribution in [1.82, 2.24) is 0 Å². The van der Waals surface area contributed by atoms with Gasteiger partial charge in [0.15, 0.2) is 0 Å². The van der Waals surface area contributed by atoms with E-state index in [0.29, 0.717) is 17.5 Å². The molecule has 0 aliphatic rings. The molecule has 0 aromatic heterocycles. The molecule has 2 N–H and O–H groups in total. The van der Waals surface area contributed by atoms with E-state index in [2.05, 4.69) is 0 Å². The maximum atomic E-state index is 10.5. The minimum absolute atomic E-state index is 0.0511. The predicted octanol–water partition coefficient (Wildman–Crippen LogP) is 4.47. The number of phenols is 2. The van der Waals surface area contributed by atoms with Crippen molar-refractivity contribution in [3.05, 3.63) is 45.5 Å². The molecule has 0 fully saturated rings. The van der Waals surface area contributed by atoms with Crippen LogP contribution in [-0.2, 0) is 11.2 Å². The fourth-order valence-corrected chi connectivity index (χ4v) is 2.12. The molecule has 114 valence electrons. The van der Waals surface area contributed by atoms with Gasteiger partial charge in [0, 0.05) is 5.56 Å². The van der Waals surface area contributed by atoms with Crippen molar-refractivity contribution in [2.24, 2.45) is 0 Å². The molecule has 0 radical (unpaired) electrons. The number of aromatic hydroxyl groups is 2. The monoisotopic (exact) mass is 308 g/mol. The van der Waals surface area contributed by atoms with Crippen LogP contribution in [-0.4, -0.2) is 16.5 Å². The highest BCUT2D eigenvalue weighted by Crippen LogP contribution is 2.37. The molecule has 1 aromatic carbocycles. The van der Waals surface area contributed by atoms with Gasteiger partial charge in [-0.15, -0.1) is 0 Å². The molecular formula is C17H21ClO3. The van der Waals surface area contributed by atoms with Crippen LogP contribution in [0.15, 0.2) is 29.4 Å². The highest BCUT2D eigenvalue weighted by Gasteiger charge is 2.12. The third kappa shape index (κ3) is 4.94. The number of rotatable bonds is 6. The molecule has 0 amide bonds. The molecule has 0 aliphatic carbocycles. The summed E-state index contributed by atoms with van der Waals surface area (Å²) in [5.74, 6) is -0.00921. The Kier molecular flexibility index (Phi) is 6.50. The first-order valence-corrected chi connectivity index (χ1v) is 7.22. The van der Waals surface area contributed by atoms with Crippen LogP contribution < -0.4 is 0 Å². The van der Waals surface area contributed by atoms with Crippen LogP contribution in [0.5, 0.6) is 11.5 Å². The Morgan fingerprint density at radius 2 is 1.95 bits per heavy atom. The number of aldehydes is 1. The smallest absolute Gasteiger partial charge is 0.145 e. The third-order valence-electron chi connectivity index (χ3n) is 3.35. The Morgan fingerprint density at radius 1 is 1.29 bits per heavy atom. The standard InChI is InChI=1S/C17H21ClO3/c1-11(5-4-6-12(2)10-19)7-8-14-15(20)9-13(3)16(18)17(14)21/h6-7,9-10,20-21H,4-5,8H2,1-3H3/b11-7+,12-6+. The van der Waals surface area contributed by atoms with E-state index in [1.165, 1.54) is 0 Å². The summed E-state index contributed by atoms with van der Waals surface area (Å²) in [5.41, 5.74) is 2.93. The molecule has 1 aromatic rings. The molecule has 3 nitrogen and oxygen atoms in total. The summed E-state index contributed by atoms with van der Waals surface area (Å²) in [7, 11) is 0. The molecule has 0 heterocycles. The molecule has 0 spiro atoms. The van der Waals surface area contributed by atoms with E-state index >= 15 is 0 Å². The molecule has 0 bridgehead atoms. The number of allylic oxidation sites excluding steroid dienone is 4. The largest absolute Gasteiger partial charge is 0.508 e. The fraction of sp³-hybridized carbons (Fsp3) is 0.353. The van der Waals surface area contributed by atoms with Gasteiger partial charge in [-0.1, -0.05) is 29.3 Å². The van der Waals surface area contributed by atoms with E-state index in [-0.39, 0.29) is 16.5 Å². The molecule has 0 saturated carbocycles. The van der Waals surface area contributed by atoms with Gasteiger partial charge in [-0.2, -0.15) is 0 Å². The summed E-state index contributed by atoms with van der Waals surface area (Å²) in [6.07, 6.45) is 6.71. The number of aryl methyl sites for hydroxylation is 1. The summed E-state index contributed by atoms with van der Waals surface area (Å²) in [6.45, 7) is 5.48. The van der Waals surface area contributed by atoms with Crippen LogP contribution in [0.25, 0.3) is 0 Å². The van der Waals surface area contributed by atoms with Gasteiger partial charge in [-0.3, -0.25) is 4.79 Å². The second-order valence-electron chi connectivity index (χ2n) is 5.21. The Labute approximate surface area is 130 Å². The van der Waals surface area contributed by atoms with Crippen molar-refractivity contribution in [1.29, 1.82) is 0 Å². The van der Waals surface area contributed by atoms with Crippen molar-refractivity contribution in [2.45, 2.75) is 40.0 Å². The summed E-state index contributed by atoms with van der Waals surface area (Å²) in [4.78, 5) is 10.5. The van der Waals surface area contributed by atoms with Crippen molar-refractivity contribution in [3.63, 3.8) is 0 Å². The molecule has 0 unspecified atom stereocenters. The van der Waals surface area contributed by atoms with Gasteiger partial charge in [0.25, 0.3) is 0 Å². The fourth-order valence-electron chi connectivity index (χ4n) is 1.95. The van der Waals surface area contributed by atoms with Crippen LogP contribution >= 0.6 is 11.6 Å². The lowest BCUT2D eigenvalue weighted by atomic mass is 10.0.